The van der Waals surface area contributed by atoms with Crippen LogP contribution in [0.15, 0.2) is 30.7 Å². The van der Waals surface area contributed by atoms with Gasteiger partial charge in [-0.3, -0.25) is 4.98 Å². The minimum atomic E-state index is 0.116. The van der Waals surface area contributed by atoms with Crippen LogP contribution in [-0.2, 0) is 0 Å². The number of aromatic nitrogens is 3. The van der Waals surface area contributed by atoms with Crippen LogP contribution in [0.5, 0.6) is 0 Å². The van der Waals surface area contributed by atoms with Gasteiger partial charge in [-0.25, -0.2) is 9.78 Å². The van der Waals surface area contributed by atoms with Crippen LogP contribution < -0.4 is 5.32 Å². The van der Waals surface area contributed by atoms with E-state index in [0.717, 1.165) is 55.3 Å². The molecule has 6 nitrogen and oxygen atoms in total. The largest absolute Gasteiger partial charge is 0.346 e. The van der Waals surface area contributed by atoms with Gasteiger partial charge in [0.15, 0.2) is 0 Å². The van der Waals surface area contributed by atoms with Gasteiger partial charge in [0.05, 0.1) is 11.7 Å². The van der Waals surface area contributed by atoms with Gasteiger partial charge in [-0.15, -0.1) is 0 Å². The number of piperidine rings is 1. The summed E-state index contributed by atoms with van der Waals surface area (Å²) in [7, 11) is 0. The molecular formula is C20H23N5O. The summed E-state index contributed by atoms with van der Waals surface area (Å²) in [5, 5.41) is 5.50. The third-order valence-corrected chi connectivity index (χ3v) is 5.98. The number of urea groups is 1. The standard InChI is InChI=1S/C20H23N5O/c26-20(24-14-2-1-3-14)25-10-6-13(7-11-25)15-4-8-21-17-12-23-19-16(18(15)17)5-9-22-19/h4-5,8-9,12-14H,1-3,6-7,10-11H2,(H,22,23)(H,24,26). The highest BCUT2D eigenvalue weighted by Crippen LogP contribution is 2.35. The van der Waals surface area contributed by atoms with Gasteiger partial charge in [0.25, 0.3) is 0 Å². The molecule has 2 amide bonds. The molecule has 134 valence electrons. The van der Waals surface area contributed by atoms with Crippen molar-refractivity contribution in [2.45, 2.75) is 44.1 Å². The second kappa shape index (κ2) is 6.27. The van der Waals surface area contributed by atoms with E-state index in [1.807, 2.05) is 23.5 Å². The summed E-state index contributed by atoms with van der Waals surface area (Å²) in [5.41, 5.74) is 3.19. The summed E-state index contributed by atoms with van der Waals surface area (Å²) in [4.78, 5) is 26.5. The molecule has 1 aliphatic carbocycles. The first-order valence-electron chi connectivity index (χ1n) is 9.56. The topological polar surface area (TPSA) is 73.9 Å². The zero-order valence-electron chi connectivity index (χ0n) is 14.7. The monoisotopic (exact) mass is 349 g/mol. The number of pyridine rings is 2. The molecular weight excluding hydrogens is 326 g/mol. The van der Waals surface area contributed by atoms with Crippen molar-refractivity contribution in [1.82, 2.24) is 25.2 Å². The first-order chi connectivity index (χ1) is 12.8. The number of rotatable bonds is 2. The van der Waals surface area contributed by atoms with Gasteiger partial charge in [0.2, 0.25) is 0 Å². The van der Waals surface area contributed by atoms with Crippen molar-refractivity contribution in [2.24, 2.45) is 0 Å². The van der Waals surface area contributed by atoms with Gasteiger partial charge < -0.3 is 15.2 Å². The second-order valence-electron chi connectivity index (χ2n) is 7.50. The number of nitrogens with one attached hydrogen (secondary N) is 2. The fraction of sp³-hybridized carbons (Fsp3) is 0.450. The molecule has 2 aliphatic rings. The van der Waals surface area contributed by atoms with E-state index in [0.29, 0.717) is 12.0 Å². The van der Waals surface area contributed by atoms with Crippen LogP contribution in [0.3, 0.4) is 0 Å². The maximum atomic E-state index is 12.4. The van der Waals surface area contributed by atoms with E-state index >= 15 is 0 Å². The number of amides is 2. The van der Waals surface area contributed by atoms with Gasteiger partial charge in [-0.05, 0) is 55.7 Å². The average molecular weight is 349 g/mol. The fourth-order valence-corrected chi connectivity index (χ4v) is 4.23. The van der Waals surface area contributed by atoms with E-state index in [9.17, 15) is 4.79 Å². The molecule has 3 aromatic rings. The summed E-state index contributed by atoms with van der Waals surface area (Å²) in [6.07, 6.45) is 11.1. The van der Waals surface area contributed by atoms with Gasteiger partial charge in [0, 0.05) is 42.3 Å². The van der Waals surface area contributed by atoms with E-state index < -0.39 is 0 Å². The Kier molecular flexibility index (Phi) is 3.76. The predicted molar refractivity (Wildman–Crippen MR) is 101 cm³/mol. The molecule has 0 radical (unpaired) electrons. The molecule has 2 fully saturated rings. The highest BCUT2D eigenvalue weighted by Gasteiger charge is 2.28. The van der Waals surface area contributed by atoms with Crippen molar-refractivity contribution >= 4 is 28.0 Å². The van der Waals surface area contributed by atoms with E-state index in [2.05, 4.69) is 32.4 Å². The van der Waals surface area contributed by atoms with Crippen LogP contribution in [0.2, 0.25) is 0 Å². The van der Waals surface area contributed by atoms with Gasteiger partial charge in [-0.1, -0.05) is 0 Å². The van der Waals surface area contributed by atoms with Gasteiger partial charge in [0.1, 0.15) is 5.65 Å². The van der Waals surface area contributed by atoms with Crippen molar-refractivity contribution in [2.75, 3.05) is 13.1 Å². The van der Waals surface area contributed by atoms with Crippen molar-refractivity contribution in [3.63, 3.8) is 0 Å². The zero-order chi connectivity index (χ0) is 17.5. The number of fused-ring (bicyclic) bond motifs is 3. The third-order valence-electron chi connectivity index (χ3n) is 5.98. The number of nitrogens with zero attached hydrogens (tertiary/aromatic N) is 3. The van der Waals surface area contributed by atoms with Crippen molar-refractivity contribution in [3.8, 4) is 0 Å². The lowest BCUT2D eigenvalue weighted by Crippen LogP contribution is -2.49. The molecule has 2 N–H and O–H groups in total. The maximum Gasteiger partial charge on any atom is 0.317 e. The predicted octanol–water partition coefficient (Wildman–Crippen LogP) is 3.55. The van der Waals surface area contributed by atoms with Crippen molar-refractivity contribution < 1.29 is 4.79 Å². The first-order valence-corrected chi connectivity index (χ1v) is 9.56. The molecule has 4 heterocycles. The lowest BCUT2D eigenvalue weighted by atomic mass is 9.87. The van der Waals surface area contributed by atoms with Crippen molar-refractivity contribution in [1.29, 1.82) is 0 Å². The zero-order valence-corrected chi connectivity index (χ0v) is 14.7. The number of carbonyl (C=O) groups excluding carboxylic acids is 1. The molecule has 1 aliphatic heterocycles. The Balaban J connectivity index is 1.38. The van der Waals surface area contributed by atoms with Crippen LogP contribution in [0, 0.1) is 0 Å². The number of hydrogen-bond donors (Lipinski definition) is 2. The quantitative estimate of drug-likeness (QED) is 0.743. The Hall–Kier alpha value is -2.63. The Morgan fingerprint density at radius 3 is 2.77 bits per heavy atom. The molecule has 6 heteroatoms. The molecule has 0 aromatic carbocycles. The molecule has 0 atom stereocenters. The minimum Gasteiger partial charge on any atom is -0.346 e. The summed E-state index contributed by atoms with van der Waals surface area (Å²) < 4.78 is 0. The molecule has 0 unspecified atom stereocenters. The van der Waals surface area contributed by atoms with Gasteiger partial charge in [-0.2, -0.15) is 0 Å². The summed E-state index contributed by atoms with van der Waals surface area (Å²) >= 11 is 0. The number of H-pyrrole nitrogens is 1. The van der Waals surface area contributed by atoms with E-state index in [-0.39, 0.29) is 6.03 Å². The van der Waals surface area contributed by atoms with Crippen LogP contribution in [0.4, 0.5) is 4.79 Å². The minimum absolute atomic E-state index is 0.116. The fourth-order valence-electron chi connectivity index (χ4n) is 4.23. The van der Waals surface area contributed by atoms with Gasteiger partial charge >= 0.3 is 6.03 Å². The summed E-state index contributed by atoms with van der Waals surface area (Å²) in [6, 6.07) is 4.74. The normalized spacial score (nSPS) is 19.0. The van der Waals surface area contributed by atoms with Crippen molar-refractivity contribution in [3.05, 3.63) is 36.3 Å². The molecule has 1 saturated carbocycles. The van der Waals surface area contributed by atoms with E-state index in [4.69, 9.17) is 0 Å². The molecule has 0 bridgehead atoms. The molecule has 26 heavy (non-hydrogen) atoms. The number of likely N-dealkylation sites (tertiary alicyclic amines) is 1. The first kappa shape index (κ1) is 15.6. The highest BCUT2D eigenvalue weighted by atomic mass is 16.2. The number of hydrogen-bond acceptors (Lipinski definition) is 3. The Morgan fingerprint density at radius 1 is 1.15 bits per heavy atom. The van der Waals surface area contributed by atoms with E-state index in [1.165, 1.54) is 17.4 Å². The third kappa shape index (κ3) is 2.60. The highest BCUT2D eigenvalue weighted by molar-refractivity contribution is 6.05. The molecule has 3 aromatic heterocycles. The average Bonchev–Trinajstić information content (AvgIpc) is 3.13. The van der Waals surface area contributed by atoms with Crippen LogP contribution >= 0.6 is 0 Å². The Labute approximate surface area is 152 Å². The summed E-state index contributed by atoms with van der Waals surface area (Å²) in [5.74, 6) is 0.453. The lowest BCUT2D eigenvalue weighted by molar-refractivity contribution is 0.171. The van der Waals surface area contributed by atoms with E-state index in [1.54, 1.807) is 0 Å². The second-order valence-corrected chi connectivity index (χ2v) is 7.50. The van der Waals surface area contributed by atoms with Crippen LogP contribution in [-0.4, -0.2) is 45.0 Å². The lowest BCUT2D eigenvalue weighted by Gasteiger charge is -2.35. The number of carbonyl (C=O) groups is 1. The van der Waals surface area contributed by atoms with Crippen LogP contribution in [0.25, 0.3) is 21.9 Å². The smallest absolute Gasteiger partial charge is 0.317 e. The Bertz CT molecular complexity index is 953. The van der Waals surface area contributed by atoms with Crippen LogP contribution in [0.1, 0.15) is 43.6 Å². The maximum absolute atomic E-state index is 12.4. The Morgan fingerprint density at radius 2 is 2.00 bits per heavy atom. The molecule has 1 saturated heterocycles. The SMILES string of the molecule is O=C(NC1CCC1)N1CCC(c2ccnc3cnc4[nH]ccc4c23)CC1. The molecule has 5 rings (SSSR count). The summed E-state index contributed by atoms with van der Waals surface area (Å²) in [6.45, 7) is 1.63. The molecule has 0 spiro atoms. The number of aromatic amines is 1.